The quantitative estimate of drug-likeness (QED) is 0.456. The summed E-state index contributed by atoms with van der Waals surface area (Å²) in [6.45, 7) is -23.1. The smallest absolute Gasteiger partial charge is 0.331 e. The van der Waals surface area contributed by atoms with Crippen LogP contribution in [0.2, 0.25) is 0 Å². The van der Waals surface area contributed by atoms with Crippen LogP contribution in [0, 0.1) is 5.89 Å². The highest BCUT2D eigenvalue weighted by Crippen LogP contribution is 2.49. The number of aliphatic carboxylic acids is 1. The van der Waals surface area contributed by atoms with Gasteiger partial charge in [-0.3, -0.25) is 9.48 Å². The van der Waals surface area contributed by atoms with E-state index in [1.54, 1.807) is 0 Å². The number of ether oxygens (including phenoxy) is 2. The highest BCUT2D eigenvalue weighted by atomic mass is 32.1. The van der Waals surface area contributed by atoms with Crippen molar-refractivity contribution in [2.75, 3.05) is 20.6 Å². The monoisotopic (exact) mass is 544 g/mol. The number of carbonyl (C=O) groups is 2. The third-order valence-corrected chi connectivity index (χ3v) is 5.08. The number of aromatic nitrogens is 3. The minimum Gasteiger partial charge on any atom is -0.496 e. The van der Waals surface area contributed by atoms with Gasteiger partial charge >= 0.3 is 5.97 Å². The third kappa shape index (κ3) is 4.62. The summed E-state index contributed by atoms with van der Waals surface area (Å²) >= 11 is -0.384. The van der Waals surface area contributed by atoms with E-state index in [-0.39, 0.29) is 11.3 Å². The number of hydrogen-bond acceptors (Lipinski definition) is 8. The Morgan fingerprint density at radius 2 is 2.33 bits per heavy atom. The molecule has 1 aliphatic rings. The van der Waals surface area contributed by atoms with Crippen LogP contribution < -0.4 is 4.74 Å². The van der Waals surface area contributed by atoms with Gasteiger partial charge in [-0.1, -0.05) is 26.6 Å². The minimum absolute atomic E-state index is 0.384. The number of hydrogen-bond donors (Lipinski definition) is 1. The van der Waals surface area contributed by atoms with Crippen molar-refractivity contribution in [2.45, 2.75) is 50.4 Å². The summed E-state index contributed by atoms with van der Waals surface area (Å²) in [5.41, 5.74) is -14.1. The summed E-state index contributed by atoms with van der Waals surface area (Å²) in [7, 11) is -8.29. The molecule has 36 heavy (non-hydrogen) atoms. The molecule has 10 heteroatoms. The fourth-order valence-corrected chi connectivity index (χ4v) is 3.59. The lowest BCUT2D eigenvalue weighted by Gasteiger charge is -2.37. The predicted molar refractivity (Wildman–Crippen MR) is 135 cm³/mol. The van der Waals surface area contributed by atoms with Crippen molar-refractivity contribution in [1.82, 2.24) is 19.7 Å². The summed E-state index contributed by atoms with van der Waals surface area (Å²) in [4.78, 5) is 32.8. The Morgan fingerprint density at radius 3 is 3.00 bits per heavy atom. The van der Waals surface area contributed by atoms with Crippen molar-refractivity contribution in [2.24, 2.45) is 5.89 Å². The molecular weight excluding hydrogens is 480 g/mol. The van der Waals surface area contributed by atoms with Crippen molar-refractivity contribution in [1.29, 1.82) is 1.43 Å². The molecule has 0 bridgehead atoms. The van der Waals surface area contributed by atoms with Crippen molar-refractivity contribution in [3.8, 4) is 5.75 Å². The zero-order chi connectivity index (χ0) is 53.5. The normalized spacial score (nSPS) is 42.9. The SMILES string of the molecule is [2H]OC(=O)[C@@]1(C([2H])([2H])n2nc([2H])c([2H])c2[2H])N(C(=O)c2c([2H])c([2H])c(C(C([2H])([2H])[2H])(C([2H])([2H])[2H])C([2H])([2H])[2H])c(OC([2H])([2H])[2H])c2[2H])[C@@]([2H])(c2nc([2H])c([2H])s2)[C@@]([2H])(C([2H])([2H])OC([2H])([2H])[2H])C1([2H])[2H]. The second kappa shape index (κ2) is 10.0. The molecule has 0 spiro atoms. The number of amides is 1. The standard InChI is InChI=1S/C26H32N4O5S/c1-25(2,3)19-8-7-17(13-20(19)35-5)23(31)30-21(22-27-10-12-36-22)18(15-34-4)14-26(30,24(32)33)16-29-11-6-9-28-29/h6-13,18,21H,14-16H2,1-5H3,(H,32,33)/t18-,21-,26-/m1/s1/i1D3,2D3,3D3,4D3,5D3,6D,7D,8D,9D,10D,11D,12D,13D,14D2,15D2,16D2,18D,21D/hD. The maximum absolute atomic E-state index is 15.8. The second-order valence-electron chi connectivity index (χ2n) is 6.60. The molecule has 1 aliphatic heterocycles. The Hall–Kier alpha value is -3.24. The van der Waals surface area contributed by atoms with E-state index in [4.69, 9.17) is 40.4 Å². The lowest BCUT2D eigenvalue weighted by molar-refractivity contribution is -0.150. The van der Waals surface area contributed by atoms with E-state index < -0.39 is 168 Å². The van der Waals surface area contributed by atoms with Crippen molar-refractivity contribution in [3.63, 3.8) is 0 Å². The van der Waals surface area contributed by atoms with Gasteiger partial charge < -0.3 is 19.5 Å². The zero-order valence-electron chi connectivity index (χ0n) is 49.2. The first kappa shape index (κ1) is 7.20. The number of carbonyl (C=O) groups excluding carboxylic acids is 1. The van der Waals surface area contributed by atoms with Gasteiger partial charge in [-0.25, -0.2) is 9.78 Å². The molecule has 192 valence electrons. The molecule has 9 nitrogen and oxygen atoms in total. The molecule has 1 N–H and O–H groups in total. The Kier molecular flexibility index (Phi) is 2.00. The van der Waals surface area contributed by atoms with Crippen LogP contribution in [0.5, 0.6) is 5.75 Å². The number of thiazole rings is 1. The van der Waals surface area contributed by atoms with Crippen LogP contribution in [0.1, 0.15) is 96.4 Å². The Labute approximate surface area is 259 Å². The molecule has 1 saturated heterocycles. The number of rotatable bonds is 8. The number of methoxy groups -OCH3 is 2. The van der Waals surface area contributed by atoms with Gasteiger partial charge in [-0.05, 0) is 35.5 Å². The largest absolute Gasteiger partial charge is 0.496 e. The first-order chi connectivity index (χ1) is 30.0. The van der Waals surface area contributed by atoms with Crippen LogP contribution >= 0.6 is 11.3 Å². The summed E-state index contributed by atoms with van der Waals surface area (Å²) in [5, 5.41) is 4.40. The molecule has 3 atom stereocenters. The first-order valence-electron chi connectivity index (χ1n) is 25.0. The summed E-state index contributed by atoms with van der Waals surface area (Å²) in [5.74, 6) is -13.0. The van der Waals surface area contributed by atoms with Crippen LogP contribution in [0.15, 0.2) is 48.0 Å². The van der Waals surface area contributed by atoms with Crippen molar-refractivity contribution in [3.05, 3.63) is 64.2 Å². The van der Waals surface area contributed by atoms with Gasteiger partial charge in [0.1, 0.15) is 10.8 Å². The van der Waals surface area contributed by atoms with Gasteiger partial charge in [-0.15, -0.1) is 11.3 Å². The van der Waals surface area contributed by atoms with Gasteiger partial charge in [0.15, 0.2) is 5.54 Å². The average Bonchev–Trinajstić information content (AvgIpc) is 3.65. The number of likely N-dealkylation sites (tertiary alicyclic amines) is 1. The molecule has 1 aromatic carbocycles. The van der Waals surface area contributed by atoms with E-state index in [0.29, 0.717) is 0 Å². The number of carboxylic acid groups (broad SMARTS) is 1. The lowest BCUT2D eigenvalue weighted by Crippen LogP contribution is -2.56. The van der Waals surface area contributed by atoms with Gasteiger partial charge in [0.25, 0.3) is 7.34 Å². The van der Waals surface area contributed by atoms with Gasteiger partial charge in [0.2, 0.25) is 0 Å². The molecule has 0 unspecified atom stereocenters. The third-order valence-electron chi connectivity index (χ3n) is 4.41. The molecule has 0 saturated carbocycles. The maximum Gasteiger partial charge on any atom is 0.331 e. The van der Waals surface area contributed by atoms with Crippen LogP contribution in [0.25, 0.3) is 1.43 Å². The van der Waals surface area contributed by atoms with Crippen molar-refractivity contribution >= 4 is 23.2 Å². The average molecular weight is 545 g/mol. The first-order valence-corrected chi connectivity index (χ1v) is 9.89. The molecule has 3 aromatic rings. The number of nitrogens with zero attached hydrogens (tertiary/aromatic N) is 4. The summed E-state index contributed by atoms with van der Waals surface area (Å²) in [6.07, 6.45) is -9.49. The number of benzene rings is 1. The second-order valence-corrected chi connectivity index (χ2v) is 7.40. The fourth-order valence-electron chi connectivity index (χ4n) is 3.02. The van der Waals surface area contributed by atoms with E-state index >= 15 is 4.79 Å². The van der Waals surface area contributed by atoms with Gasteiger partial charge in [-0.2, -0.15) is 5.10 Å². The maximum atomic E-state index is 15.8. The highest BCUT2D eigenvalue weighted by molar-refractivity contribution is 7.09. The minimum atomic E-state index is -5.13. The molecule has 0 radical (unpaired) electrons. The molecule has 0 aliphatic carbocycles. The molecule has 4 rings (SSSR count). The predicted octanol–water partition coefficient (Wildman–Crippen LogP) is 4.02. The Bertz CT molecular complexity index is 2470. The van der Waals surface area contributed by atoms with Crippen LogP contribution in [0.3, 0.4) is 0 Å². The molecule has 3 heterocycles. The fraction of sp³-hybridized carbons (Fsp3) is 0.462. The van der Waals surface area contributed by atoms with Crippen LogP contribution in [-0.2, 0) is 21.4 Å². The Morgan fingerprint density at radius 1 is 1.44 bits per heavy atom. The van der Waals surface area contributed by atoms with Crippen LogP contribution in [0.4, 0.5) is 0 Å². The van der Waals surface area contributed by atoms with E-state index in [2.05, 4.69) is 19.9 Å². The van der Waals surface area contributed by atoms with E-state index in [0.717, 1.165) is 0 Å². The number of carboxylic acids is 1. The van der Waals surface area contributed by atoms with Crippen LogP contribution in [-0.4, -0.2) is 62.8 Å². The molecule has 2 aromatic heterocycles. The van der Waals surface area contributed by atoms with E-state index in [9.17, 15) is 13.0 Å². The molecular formula is C26H32N4O5S. The van der Waals surface area contributed by atoms with E-state index in [1.165, 1.54) is 0 Å². The topological polar surface area (TPSA) is 107 Å². The summed E-state index contributed by atoms with van der Waals surface area (Å²) in [6, 6.07) is -12.7. The Balaban J connectivity index is 2.56. The molecule has 1 fully saturated rings. The van der Waals surface area contributed by atoms with Gasteiger partial charge in [0.05, 0.1) is 52.2 Å². The highest BCUT2D eigenvalue weighted by Gasteiger charge is 2.60. The summed E-state index contributed by atoms with van der Waals surface area (Å²) < 4.78 is 278. The molecule has 1 amide bonds. The lowest BCUT2D eigenvalue weighted by atomic mass is 9.85. The zero-order valence-corrected chi connectivity index (χ0v) is 18.1. The van der Waals surface area contributed by atoms with Gasteiger partial charge in [0, 0.05) is 58.8 Å². The van der Waals surface area contributed by atoms with E-state index in [1.807, 2.05) is 0 Å². The van der Waals surface area contributed by atoms with Crippen molar-refractivity contribution < 1.29 is 66.7 Å².